The van der Waals surface area contributed by atoms with Crippen molar-refractivity contribution in [3.8, 4) is 0 Å². The van der Waals surface area contributed by atoms with Crippen LogP contribution in [0, 0.1) is 0 Å². The Hall–Kier alpha value is -1.50. The molecule has 4 nitrogen and oxygen atoms in total. The summed E-state index contributed by atoms with van der Waals surface area (Å²) in [6.45, 7) is 4.76. The predicted octanol–water partition coefficient (Wildman–Crippen LogP) is 3.95. The van der Waals surface area contributed by atoms with Crippen LogP contribution < -0.4 is 11.1 Å². The van der Waals surface area contributed by atoms with Gasteiger partial charge in [0.15, 0.2) is 5.96 Å². The van der Waals surface area contributed by atoms with Crippen LogP contribution >= 0.6 is 24.0 Å². The van der Waals surface area contributed by atoms with Crippen molar-refractivity contribution in [2.45, 2.75) is 26.3 Å². The largest absolute Gasteiger partial charge is 0.467 e. The molecule has 5 heteroatoms. The number of aliphatic imine (C=N–C) groups is 1. The Morgan fingerprint density at radius 1 is 1.30 bits per heavy atom. The highest BCUT2D eigenvalue weighted by Gasteiger charge is 2.01. The Morgan fingerprint density at radius 3 is 2.75 bits per heavy atom. The van der Waals surface area contributed by atoms with Gasteiger partial charge in [0.25, 0.3) is 0 Å². The first kappa shape index (κ1) is 16.6. The number of nitrogens with zero attached hydrogens (tertiary/aromatic N) is 1. The minimum Gasteiger partial charge on any atom is -0.467 e. The monoisotopic (exact) mass is 385 g/mol. The van der Waals surface area contributed by atoms with Crippen LogP contribution in [0.1, 0.15) is 31.1 Å². The molecule has 2 aromatic rings. The van der Waals surface area contributed by atoms with E-state index in [0.29, 0.717) is 18.4 Å². The number of halogens is 1. The molecule has 0 atom stereocenters. The van der Waals surface area contributed by atoms with Crippen molar-refractivity contribution in [2.75, 3.05) is 5.32 Å². The topological polar surface area (TPSA) is 63.5 Å². The van der Waals surface area contributed by atoms with Crippen molar-refractivity contribution in [1.82, 2.24) is 0 Å². The summed E-state index contributed by atoms with van der Waals surface area (Å²) in [5.41, 5.74) is 8.06. The first-order valence-corrected chi connectivity index (χ1v) is 6.34. The number of nitrogens with two attached hydrogens (primary N) is 1. The summed E-state index contributed by atoms with van der Waals surface area (Å²) in [4.78, 5) is 4.23. The summed E-state index contributed by atoms with van der Waals surface area (Å²) < 4.78 is 5.19. The van der Waals surface area contributed by atoms with E-state index in [1.54, 1.807) is 6.26 Å². The van der Waals surface area contributed by atoms with E-state index in [9.17, 15) is 0 Å². The van der Waals surface area contributed by atoms with Gasteiger partial charge in [0.05, 0.1) is 6.26 Å². The van der Waals surface area contributed by atoms with E-state index in [1.165, 1.54) is 5.56 Å². The summed E-state index contributed by atoms with van der Waals surface area (Å²) >= 11 is 0. The van der Waals surface area contributed by atoms with Gasteiger partial charge in [-0.1, -0.05) is 26.0 Å². The summed E-state index contributed by atoms with van der Waals surface area (Å²) in [6.07, 6.45) is 1.63. The number of hydrogen-bond donors (Lipinski definition) is 2. The maximum absolute atomic E-state index is 5.85. The van der Waals surface area contributed by atoms with Crippen LogP contribution in [0.15, 0.2) is 52.1 Å². The van der Waals surface area contributed by atoms with Gasteiger partial charge >= 0.3 is 0 Å². The third-order valence-electron chi connectivity index (χ3n) is 2.81. The molecule has 0 spiro atoms. The third kappa shape index (κ3) is 4.88. The molecule has 0 fully saturated rings. The fourth-order valence-electron chi connectivity index (χ4n) is 1.73. The van der Waals surface area contributed by atoms with Crippen LogP contribution in [0.4, 0.5) is 5.69 Å². The van der Waals surface area contributed by atoms with Crippen LogP contribution in [0.5, 0.6) is 0 Å². The fraction of sp³-hybridized carbons (Fsp3) is 0.267. The Kier molecular flexibility index (Phi) is 6.57. The van der Waals surface area contributed by atoms with Gasteiger partial charge in [0, 0.05) is 5.69 Å². The summed E-state index contributed by atoms with van der Waals surface area (Å²) in [7, 11) is 0. The number of furan rings is 1. The highest BCUT2D eigenvalue weighted by atomic mass is 127. The van der Waals surface area contributed by atoms with Crippen molar-refractivity contribution in [3.63, 3.8) is 0 Å². The molecule has 3 N–H and O–H groups in total. The maximum Gasteiger partial charge on any atom is 0.193 e. The smallest absolute Gasteiger partial charge is 0.193 e. The van der Waals surface area contributed by atoms with E-state index < -0.39 is 0 Å². The van der Waals surface area contributed by atoms with Gasteiger partial charge in [-0.15, -0.1) is 24.0 Å². The Morgan fingerprint density at radius 2 is 2.10 bits per heavy atom. The molecule has 2 rings (SSSR count). The normalized spacial score (nSPS) is 11.2. The quantitative estimate of drug-likeness (QED) is 0.476. The van der Waals surface area contributed by atoms with Crippen LogP contribution in [0.3, 0.4) is 0 Å². The lowest BCUT2D eigenvalue weighted by molar-refractivity contribution is 0.513. The first-order chi connectivity index (χ1) is 9.15. The summed E-state index contributed by atoms with van der Waals surface area (Å²) in [5, 5.41) is 3.09. The van der Waals surface area contributed by atoms with E-state index in [0.717, 1.165) is 11.4 Å². The SMILES string of the molecule is CC(C)c1cccc(NC(N)=NCc2ccco2)c1.I. The number of guanidine groups is 1. The van der Waals surface area contributed by atoms with Gasteiger partial charge < -0.3 is 15.5 Å². The molecule has 0 unspecified atom stereocenters. The number of nitrogens with one attached hydrogen (secondary N) is 1. The zero-order valence-corrected chi connectivity index (χ0v) is 14.0. The summed E-state index contributed by atoms with van der Waals surface area (Å²) in [6, 6.07) is 11.9. The van der Waals surface area contributed by atoms with Gasteiger partial charge in [-0.25, -0.2) is 4.99 Å². The average molecular weight is 385 g/mol. The predicted molar refractivity (Wildman–Crippen MR) is 93.6 cm³/mol. The minimum atomic E-state index is 0. The second-order valence-electron chi connectivity index (χ2n) is 4.69. The zero-order chi connectivity index (χ0) is 13.7. The Balaban J connectivity index is 0.00000200. The van der Waals surface area contributed by atoms with Gasteiger partial charge in [-0.2, -0.15) is 0 Å². The molecule has 0 bridgehead atoms. The lowest BCUT2D eigenvalue weighted by atomic mass is 10.0. The van der Waals surface area contributed by atoms with Gasteiger partial charge in [0.2, 0.25) is 0 Å². The molecule has 0 aliphatic rings. The number of benzene rings is 1. The van der Waals surface area contributed by atoms with Crippen LogP contribution in [0.2, 0.25) is 0 Å². The molecule has 0 amide bonds. The lowest BCUT2D eigenvalue weighted by Crippen LogP contribution is -2.22. The molecular weight excluding hydrogens is 365 g/mol. The van der Waals surface area contributed by atoms with Gasteiger partial charge in [-0.05, 0) is 35.7 Å². The van der Waals surface area contributed by atoms with E-state index in [2.05, 4.69) is 36.3 Å². The fourth-order valence-corrected chi connectivity index (χ4v) is 1.73. The first-order valence-electron chi connectivity index (χ1n) is 6.34. The highest BCUT2D eigenvalue weighted by molar-refractivity contribution is 14.0. The molecule has 108 valence electrons. The van der Waals surface area contributed by atoms with Gasteiger partial charge in [0.1, 0.15) is 12.3 Å². The molecular formula is C15H20IN3O. The van der Waals surface area contributed by atoms with Crippen molar-refractivity contribution in [1.29, 1.82) is 0 Å². The molecule has 0 saturated heterocycles. The molecule has 0 radical (unpaired) electrons. The second kappa shape index (κ2) is 7.94. The van der Waals surface area contributed by atoms with E-state index in [4.69, 9.17) is 10.2 Å². The van der Waals surface area contributed by atoms with Crippen molar-refractivity contribution in [3.05, 3.63) is 54.0 Å². The number of rotatable bonds is 4. The van der Waals surface area contributed by atoms with Crippen LogP contribution in [-0.2, 0) is 6.54 Å². The highest BCUT2D eigenvalue weighted by Crippen LogP contribution is 2.18. The number of hydrogen-bond acceptors (Lipinski definition) is 2. The molecule has 20 heavy (non-hydrogen) atoms. The third-order valence-corrected chi connectivity index (χ3v) is 2.81. The van der Waals surface area contributed by atoms with Crippen molar-refractivity contribution < 1.29 is 4.42 Å². The van der Waals surface area contributed by atoms with Crippen molar-refractivity contribution in [2.24, 2.45) is 10.7 Å². The van der Waals surface area contributed by atoms with Crippen molar-refractivity contribution >= 4 is 35.6 Å². The van der Waals surface area contributed by atoms with Crippen LogP contribution in [-0.4, -0.2) is 5.96 Å². The minimum absolute atomic E-state index is 0. The molecule has 1 aromatic carbocycles. The molecule has 0 saturated carbocycles. The zero-order valence-electron chi connectivity index (χ0n) is 11.7. The van der Waals surface area contributed by atoms with E-state index in [-0.39, 0.29) is 24.0 Å². The van der Waals surface area contributed by atoms with E-state index >= 15 is 0 Å². The standard InChI is InChI=1S/C15H19N3O.HI/c1-11(2)12-5-3-6-13(9-12)18-15(16)17-10-14-7-4-8-19-14;/h3-9,11H,10H2,1-2H3,(H3,16,17,18);1H. The van der Waals surface area contributed by atoms with Gasteiger partial charge in [-0.3, -0.25) is 0 Å². The molecule has 0 aliphatic carbocycles. The van der Waals surface area contributed by atoms with E-state index in [1.807, 2.05) is 24.3 Å². The van der Waals surface area contributed by atoms with Crippen LogP contribution in [0.25, 0.3) is 0 Å². The molecule has 1 aromatic heterocycles. The molecule has 0 aliphatic heterocycles. The summed E-state index contributed by atoms with van der Waals surface area (Å²) in [5.74, 6) is 1.67. The lowest BCUT2D eigenvalue weighted by Gasteiger charge is -2.09. The Labute approximate surface area is 136 Å². The number of anilines is 1. The second-order valence-corrected chi connectivity index (χ2v) is 4.69. The maximum atomic E-state index is 5.85. The molecule has 1 heterocycles. The Bertz CT molecular complexity index is 550. The average Bonchev–Trinajstić information content (AvgIpc) is 2.90.